The molecule has 0 saturated carbocycles. The minimum absolute atomic E-state index is 0.158. The molecule has 13 heavy (non-hydrogen) atoms. The lowest BCUT2D eigenvalue weighted by Gasteiger charge is -2.08. The second-order valence-electron chi connectivity index (χ2n) is 3.61. The van der Waals surface area contributed by atoms with E-state index in [1.54, 1.807) is 0 Å². The summed E-state index contributed by atoms with van der Waals surface area (Å²) in [6.45, 7) is 1.97. The van der Waals surface area contributed by atoms with Gasteiger partial charge in [0.1, 0.15) is 0 Å². The molecular weight excluding hydrogens is 162 g/mol. The van der Waals surface area contributed by atoms with E-state index in [-0.39, 0.29) is 17.9 Å². The molecule has 1 amide bonds. The van der Waals surface area contributed by atoms with Gasteiger partial charge in [-0.3, -0.25) is 4.79 Å². The summed E-state index contributed by atoms with van der Waals surface area (Å²) in [6.07, 6.45) is 0.919. The van der Waals surface area contributed by atoms with Crippen molar-refractivity contribution in [3.8, 4) is 0 Å². The number of benzene rings is 1. The smallest absolute Gasteiger partial charge is 0.223 e. The van der Waals surface area contributed by atoms with Gasteiger partial charge in [-0.25, -0.2) is 0 Å². The Morgan fingerprint density at radius 3 is 2.54 bits per heavy atom. The highest BCUT2D eigenvalue weighted by atomic mass is 16.2. The van der Waals surface area contributed by atoms with E-state index in [1.165, 1.54) is 5.56 Å². The monoisotopic (exact) mass is 175 g/mol. The Kier molecular flexibility index (Phi) is 2.05. The Hall–Kier alpha value is -1.31. The zero-order chi connectivity index (χ0) is 9.26. The molecule has 0 unspecified atom stereocenters. The van der Waals surface area contributed by atoms with Crippen molar-refractivity contribution in [2.45, 2.75) is 19.4 Å². The summed E-state index contributed by atoms with van der Waals surface area (Å²) in [4.78, 5) is 11.2. The average Bonchev–Trinajstić information content (AvgIpc) is 2.49. The van der Waals surface area contributed by atoms with Crippen LogP contribution in [0.5, 0.6) is 0 Å². The molecule has 1 heterocycles. The van der Waals surface area contributed by atoms with Crippen molar-refractivity contribution >= 4 is 5.91 Å². The van der Waals surface area contributed by atoms with E-state index >= 15 is 0 Å². The molecule has 1 saturated heterocycles. The molecule has 0 spiro atoms. The predicted molar refractivity (Wildman–Crippen MR) is 51.1 cm³/mol. The van der Waals surface area contributed by atoms with Crippen LogP contribution >= 0.6 is 0 Å². The van der Waals surface area contributed by atoms with E-state index in [4.69, 9.17) is 0 Å². The highest BCUT2D eigenvalue weighted by Gasteiger charge is 2.28. The molecule has 68 valence electrons. The normalized spacial score (nSPS) is 27.3. The number of hydrogen-bond acceptors (Lipinski definition) is 1. The molecular formula is C11H13NO. The third-order valence-electron chi connectivity index (χ3n) is 2.56. The molecule has 1 N–H and O–H groups in total. The lowest BCUT2D eigenvalue weighted by molar-refractivity contribution is -0.122. The molecule has 0 aromatic heterocycles. The minimum Gasteiger partial charge on any atom is -0.349 e. The molecule has 2 heteroatoms. The third kappa shape index (κ3) is 1.57. The van der Waals surface area contributed by atoms with Gasteiger partial charge in [0.25, 0.3) is 0 Å². The van der Waals surface area contributed by atoms with Gasteiger partial charge >= 0.3 is 0 Å². The highest BCUT2D eigenvalue weighted by molar-refractivity contribution is 5.81. The Labute approximate surface area is 78.0 Å². The van der Waals surface area contributed by atoms with E-state index in [0.717, 1.165) is 6.42 Å². The van der Waals surface area contributed by atoms with Crippen LogP contribution in [0.15, 0.2) is 30.3 Å². The fourth-order valence-corrected chi connectivity index (χ4v) is 1.74. The van der Waals surface area contributed by atoms with Gasteiger partial charge in [0, 0.05) is 5.92 Å². The molecule has 0 aliphatic carbocycles. The van der Waals surface area contributed by atoms with Gasteiger partial charge in [-0.05, 0) is 12.0 Å². The lowest BCUT2D eigenvalue weighted by atomic mass is 10.0. The molecule has 1 fully saturated rings. The maximum atomic E-state index is 11.2. The summed E-state index contributed by atoms with van der Waals surface area (Å²) < 4.78 is 0. The number of nitrogens with one attached hydrogen (secondary N) is 1. The van der Waals surface area contributed by atoms with Crippen LogP contribution in [0.1, 0.15) is 24.9 Å². The fraction of sp³-hybridized carbons (Fsp3) is 0.364. The number of rotatable bonds is 1. The van der Waals surface area contributed by atoms with Gasteiger partial charge in [0.05, 0.1) is 6.04 Å². The van der Waals surface area contributed by atoms with E-state index in [9.17, 15) is 4.79 Å². The molecule has 1 aromatic carbocycles. The molecule has 0 radical (unpaired) electrons. The number of amides is 1. The summed E-state index contributed by atoms with van der Waals surface area (Å²) in [5.74, 6) is 0.332. The highest BCUT2D eigenvalue weighted by Crippen LogP contribution is 2.26. The molecule has 2 nitrogen and oxygen atoms in total. The SMILES string of the molecule is C[C@@H]1C[C@@H](c2ccccc2)NC1=O. The first-order chi connectivity index (χ1) is 6.27. The summed E-state index contributed by atoms with van der Waals surface area (Å²) in [7, 11) is 0. The Morgan fingerprint density at radius 1 is 1.31 bits per heavy atom. The molecule has 1 aliphatic heterocycles. The third-order valence-corrected chi connectivity index (χ3v) is 2.56. The van der Waals surface area contributed by atoms with Gasteiger partial charge < -0.3 is 5.32 Å². The standard InChI is InChI=1S/C11H13NO/c1-8-7-10(12-11(8)13)9-5-3-2-4-6-9/h2-6,8,10H,7H2,1H3,(H,12,13)/t8-,10+/m1/s1. The van der Waals surface area contributed by atoms with Crippen molar-refractivity contribution in [3.63, 3.8) is 0 Å². The van der Waals surface area contributed by atoms with Crippen molar-refractivity contribution < 1.29 is 4.79 Å². The molecule has 2 rings (SSSR count). The number of carbonyl (C=O) groups is 1. The van der Waals surface area contributed by atoms with Crippen LogP contribution in [0.25, 0.3) is 0 Å². The lowest BCUT2D eigenvalue weighted by Crippen LogP contribution is -2.20. The van der Waals surface area contributed by atoms with Crippen molar-refractivity contribution in [2.75, 3.05) is 0 Å². The van der Waals surface area contributed by atoms with E-state index in [2.05, 4.69) is 17.4 Å². The second kappa shape index (κ2) is 3.21. The number of hydrogen-bond donors (Lipinski definition) is 1. The van der Waals surface area contributed by atoms with E-state index in [1.807, 2.05) is 25.1 Å². The van der Waals surface area contributed by atoms with Crippen LogP contribution in [0, 0.1) is 5.92 Å². The first kappa shape index (κ1) is 8.30. The van der Waals surface area contributed by atoms with Crippen LogP contribution in [-0.2, 0) is 4.79 Å². The van der Waals surface area contributed by atoms with Crippen molar-refractivity contribution in [1.82, 2.24) is 5.32 Å². The maximum absolute atomic E-state index is 11.2. The van der Waals surface area contributed by atoms with Crippen LogP contribution < -0.4 is 5.32 Å². The fourth-order valence-electron chi connectivity index (χ4n) is 1.74. The van der Waals surface area contributed by atoms with Crippen LogP contribution in [0.3, 0.4) is 0 Å². The van der Waals surface area contributed by atoms with Gasteiger partial charge in [-0.1, -0.05) is 37.3 Å². The van der Waals surface area contributed by atoms with Gasteiger partial charge in [0.2, 0.25) is 5.91 Å². The summed E-state index contributed by atoms with van der Waals surface area (Å²) in [5.41, 5.74) is 1.21. The zero-order valence-corrected chi connectivity index (χ0v) is 7.66. The largest absolute Gasteiger partial charge is 0.349 e. The Balaban J connectivity index is 2.17. The van der Waals surface area contributed by atoms with Gasteiger partial charge in [-0.2, -0.15) is 0 Å². The Bertz CT molecular complexity index is 307. The quantitative estimate of drug-likeness (QED) is 0.693. The van der Waals surface area contributed by atoms with Crippen molar-refractivity contribution in [2.24, 2.45) is 5.92 Å². The summed E-state index contributed by atoms with van der Waals surface area (Å²) in [6, 6.07) is 10.3. The first-order valence-corrected chi connectivity index (χ1v) is 4.62. The van der Waals surface area contributed by atoms with Gasteiger partial charge in [-0.15, -0.1) is 0 Å². The average molecular weight is 175 g/mol. The van der Waals surface area contributed by atoms with E-state index < -0.39 is 0 Å². The van der Waals surface area contributed by atoms with Crippen molar-refractivity contribution in [3.05, 3.63) is 35.9 Å². The van der Waals surface area contributed by atoms with Gasteiger partial charge in [0.15, 0.2) is 0 Å². The van der Waals surface area contributed by atoms with Crippen LogP contribution in [0.2, 0.25) is 0 Å². The molecule has 1 aromatic rings. The molecule has 0 bridgehead atoms. The first-order valence-electron chi connectivity index (χ1n) is 4.62. The maximum Gasteiger partial charge on any atom is 0.223 e. The van der Waals surface area contributed by atoms with Crippen LogP contribution in [0.4, 0.5) is 0 Å². The number of carbonyl (C=O) groups excluding carboxylic acids is 1. The molecule has 2 atom stereocenters. The topological polar surface area (TPSA) is 29.1 Å². The summed E-state index contributed by atoms with van der Waals surface area (Å²) >= 11 is 0. The predicted octanol–water partition coefficient (Wildman–Crippen LogP) is 1.88. The van der Waals surface area contributed by atoms with E-state index in [0.29, 0.717) is 0 Å². The Morgan fingerprint density at radius 2 is 2.00 bits per heavy atom. The zero-order valence-electron chi connectivity index (χ0n) is 7.66. The van der Waals surface area contributed by atoms with Crippen molar-refractivity contribution in [1.29, 1.82) is 0 Å². The van der Waals surface area contributed by atoms with Crippen LogP contribution in [-0.4, -0.2) is 5.91 Å². The second-order valence-corrected chi connectivity index (χ2v) is 3.61. The summed E-state index contributed by atoms with van der Waals surface area (Å²) in [5, 5.41) is 2.98. The minimum atomic E-state index is 0.158. The molecule has 1 aliphatic rings.